The lowest BCUT2D eigenvalue weighted by Gasteiger charge is -2.10. The fourth-order valence-corrected chi connectivity index (χ4v) is 2.65. The first kappa shape index (κ1) is 14.1. The van der Waals surface area contributed by atoms with Crippen LogP contribution in [0.3, 0.4) is 0 Å². The number of hydrogen-bond acceptors (Lipinski definition) is 2. The normalized spacial score (nSPS) is 12.7. The molecule has 0 unspecified atom stereocenters. The molecule has 19 heavy (non-hydrogen) atoms. The number of aromatic nitrogens is 2. The largest absolute Gasteiger partial charge is 0.389 e. The van der Waals surface area contributed by atoms with Gasteiger partial charge in [-0.25, -0.2) is 4.68 Å². The monoisotopic (exact) mass is 278 g/mol. The molecule has 1 atom stereocenters. The van der Waals surface area contributed by atoms with E-state index in [-0.39, 0.29) is 0 Å². The minimum atomic E-state index is -0.516. The lowest BCUT2D eigenvalue weighted by atomic mass is 10.1. The van der Waals surface area contributed by atoms with Gasteiger partial charge in [-0.2, -0.15) is 5.10 Å². The van der Waals surface area contributed by atoms with Crippen molar-refractivity contribution < 1.29 is 5.11 Å². The van der Waals surface area contributed by atoms with Gasteiger partial charge in [-0.1, -0.05) is 24.6 Å². The Balaban J connectivity index is 2.54. The van der Waals surface area contributed by atoms with E-state index in [4.69, 9.17) is 11.6 Å². The molecule has 1 heterocycles. The van der Waals surface area contributed by atoms with Crippen LogP contribution in [-0.2, 0) is 6.42 Å². The fraction of sp³-hybridized carbons (Fsp3) is 0.400. The Bertz CT molecular complexity index is 602. The molecule has 0 aliphatic rings. The fourth-order valence-electron chi connectivity index (χ4n) is 2.38. The molecule has 0 bridgehead atoms. The number of halogens is 1. The zero-order valence-electron chi connectivity index (χ0n) is 11.7. The van der Waals surface area contributed by atoms with E-state index >= 15 is 0 Å². The minimum Gasteiger partial charge on any atom is -0.389 e. The molecule has 0 amide bonds. The average molecular weight is 279 g/mol. The summed E-state index contributed by atoms with van der Waals surface area (Å²) >= 11 is 6.31. The van der Waals surface area contributed by atoms with E-state index in [1.54, 1.807) is 13.0 Å². The van der Waals surface area contributed by atoms with E-state index in [1.165, 1.54) is 5.56 Å². The number of aliphatic hydroxyl groups is 1. The summed E-state index contributed by atoms with van der Waals surface area (Å²) in [6.45, 7) is 7.92. The summed E-state index contributed by atoms with van der Waals surface area (Å²) in [7, 11) is 0. The van der Waals surface area contributed by atoms with E-state index in [9.17, 15) is 5.11 Å². The van der Waals surface area contributed by atoms with Crippen molar-refractivity contribution in [3.05, 3.63) is 45.7 Å². The number of hydrogen-bond donors (Lipinski definition) is 1. The predicted octanol–water partition coefficient (Wildman–Crippen LogP) is 3.76. The van der Waals surface area contributed by atoms with E-state index in [1.807, 2.05) is 23.7 Å². The third-order valence-corrected chi connectivity index (χ3v) is 3.78. The highest BCUT2D eigenvalue weighted by molar-refractivity contribution is 6.32. The Morgan fingerprint density at radius 1 is 1.37 bits per heavy atom. The van der Waals surface area contributed by atoms with Crippen molar-refractivity contribution >= 4 is 11.6 Å². The summed E-state index contributed by atoms with van der Waals surface area (Å²) in [4.78, 5) is 0. The molecule has 0 saturated carbocycles. The molecular weight excluding hydrogens is 260 g/mol. The quantitative estimate of drug-likeness (QED) is 0.928. The highest BCUT2D eigenvalue weighted by Gasteiger charge is 2.14. The highest BCUT2D eigenvalue weighted by atomic mass is 35.5. The van der Waals surface area contributed by atoms with Crippen molar-refractivity contribution in [1.29, 1.82) is 0 Å². The van der Waals surface area contributed by atoms with E-state index in [2.05, 4.69) is 18.9 Å². The van der Waals surface area contributed by atoms with Gasteiger partial charge in [0, 0.05) is 5.69 Å². The Morgan fingerprint density at radius 3 is 2.53 bits per heavy atom. The van der Waals surface area contributed by atoms with Crippen LogP contribution in [0.2, 0.25) is 5.02 Å². The number of benzene rings is 1. The molecule has 0 radical (unpaired) electrons. The number of aliphatic hydroxyl groups excluding tert-OH is 1. The van der Waals surface area contributed by atoms with E-state index in [0.717, 1.165) is 29.1 Å². The number of rotatable bonds is 3. The van der Waals surface area contributed by atoms with Gasteiger partial charge < -0.3 is 5.11 Å². The van der Waals surface area contributed by atoms with Crippen LogP contribution in [0.5, 0.6) is 0 Å². The summed E-state index contributed by atoms with van der Waals surface area (Å²) in [6.07, 6.45) is 0.444. The highest BCUT2D eigenvalue weighted by Crippen LogP contribution is 2.27. The zero-order valence-corrected chi connectivity index (χ0v) is 12.5. The lowest BCUT2D eigenvalue weighted by molar-refractivity contribution is 0.199. The van der Waals surface area contributed by atoms with Crippen molar-refractivity contribution in [2.45, 2.75) is 40.2 Å². The molecule has 2 rings (SSSR count). The Morgan fingerprint density at radius 2 is 2.05 bits per heavy atom. The lowest BCUT2D eigenvalue weighted by Crippen LogP contribution is -2.02. The smallest absolute Gasteiger partial charge is 0.0835 e. The van der Waals surface area contributed by atoms with Crippen molar-refractivity contribution in [3.63, 3.8) is 0 Å². The molecule has 1 aromatic carbocycles. The van der Waals surface area contributed by atoms with Crippen LogP contribution < -0.4 is 0 Å². The van der Waals surface area contributed by atoms with Gasteiger partial charge in [0.25, 0.3) is 0 Å². The van der Waals surface area contributed by atoms with Crippen molar-refractivity contribution in [3.8, 4) is 5.69 Å². The molecule has 2 aromatic rings. The molecule has 4 heteroatoms. The Hall–Kier alpha value is -1.32. The van der Waals surface area contributed by atoms with Crippen LogP contribution in [0, 0.1) is 13.8 Å². The molecule has 0 spiro atoms. The van der Waals surface area contributed by atoms with Crippen LogP contribution in [0.15, 0.2) is 18.2 Å². The Labute approximate surface area is 118 Å². The molecule has 1 aromatic heterocycles. The number of nitrogens with zero attached hydrogens (tertiary/aromatic N) is 2. The van der Waals surface area contributed by atoms with Gasteiger partial charge in [-0.05, 0) is 50.5 Å². The average Bonchev–Trinajstić information content (AvgIpc) is 2.64. The van der Waals surface area contributed by atoms with Crippen LogP contribution in [-0.4, -0.2) is 14.9 Å². The zero-order chi connectivity index (χ0) is 14.2. The topological polar surface area (TPSA) is 38.0 Å². The summed E-state index contributed by atoms with van der Waals surface area (Å²) < 4.78 is 1.88. The summed E-state index contributed by atoms with van der Waals surface area (Å²) in [5.41, 5.74) is 5.08. The van der Waals surface area contributed by atoms with E-state index < -0.39 is 6.10 Å². The molecular formula is C15H19ClN2O. The first-order chi connectivity index (χ1) is 8.95. The second-order valence-corrected chi connectivity index (χ2v) is 5.21. The second-order valence-electron chi connectivity index (χ2n) is 4.80. The first-order valence-electron chi connectivity index (χ1n) is 6.48. The molecule has 3 nitrogen and oxygen atoms in total. The van der Waals surface area contributed by atoms with Gasteiger partial charge in [0.05, 0.1) is 22.5 Å². The van der Waals surface area contributed by atoms with Crippen LogP contribution in [0.1, 0.15) is 42.5 Å². The maximum atomic E-state index is 9.57. The summed E-state index contributed by atoms with van der Waals surface area (Å²) in [5.74, 6) is 0. The first-order valence-corrected chi connectivity index (χ1v) is 6.86. The molecule has 0 aliphatic heterocycles. The summed E-state index contributed by atoms with van der Waals surface area (Å²) in [5, 5.41) is 14.7. The maximum Gasteiger partial charge on any atom is 0.0835 e. The standard InChI is InChI=1S/C15H19ClN2O/c1-5-13-9(2)17-18(10(13)3)15-7-6-12(11(4)19)8-14(15)16/h6-8,11,19H,5H2,1-4H3/t11-/m1/s1. The van der Waals surface area contributed by atoms with E-state index in [0.29, 0.717) is 5.02 Å². The maximum absolute atomic E-state index is 9.57. The molecule has 102 valence electrons. The minimum absolute atomic E-state index is 0.516. The van der Waals surface area contributed by atoms with Crippen LogP contribution in [0.25, 0.3) is 5.69 Å². The molecule has 0 saturated heterocycles. The molecule has 0 aliphatic carbocycles. The van der Waals surface area contributed by atoms with Gasteiger partial charge in [0.1, 0.15) is 0 Å². The molecule has 0 fully saturated rings. The third kappa shape index (κ3) is 2.53. The van der Waals surface area contributed by atoms with Crippen molar-refractivity contribution in [1.82, 2.24) is 9.78 Å². The Kier molecular flexibility index (Phi) is 3.97. The van der Waals surface area contributed by atoms with Gasteiger partial charge >= 0.3 is 0 Å². The third-order valence-electron chi connectivity index (χ3n) is 3.48. The SMILES string of the molecule is CCc1c(C)nn(-c2ccc([C@@H](C)O)cc2Cl)c1C. The van der Waals surface area contributed by atoms with Gasteiger partial charge in [0.15, 0.2) is 0 Å². The van der Waals surface area contributed by atoms with Crippen LogP contribution in [0.4, 0.5) is 0 Å². The number of aryl methyl sites for hydroxylation is 1. The summed E-state index contributed by atoms with van der Waals surface area (Å²) in [6, 6.07) is 5.58. The van der Waals surface area contributed by atoms with Crippen LogP contribution >= 0.6 is 11.6 Å². The van der Waals surface area contributed by atoms with Crippen molar-refractivity contribution in [2.24, 2.45) is 0 Å². The van der Waals surface area contributed by atoms with Gasteiger partial charge in [-0.15, -0.1) is 0 Å². The van der Waals surface area contributed by atoms with Gasteiger partial charge in [-0.3, -0.25) is 0 Å². The predicted molar refractivity (Wildman–Crippen MR) is 78.1 cm³/mol. The molecule has 1 N–H and O–H groups in total. The van der Waals surface area contributed by atoms with Gasteiger partial charge in [0.2, 0.25) is 0 Å². The van der Waals surface area contributed by atoms with Crippen molar-refractivity contribution in [2.75, 3.05) is 0 Å². The second kappa shape index (κ2) is 5.35.